The van der Waals surface area contributed by atoms with Crippen LogP contribution in [0.15, 0.2) is 67.3 Å². The van der Waals surface area contributed by atoms with Crippen molar-refractivity contribution in [1.82, 2.24) is 9.97 Å². The number of hydrogen-bond donors (Lipinski definition) is 0. The standard InChI is InChI=1S/C20H16O2.C5H4N2O/c1-2-13-16-10-9-15-14-6-4-3-5-12(14)7-8-17(15)20(16)19(22)11-18(13)21;8-3-5-1-6-4-7-2-5/h3-10,13H,2,11H2,1H3;1-4H. The monoisotopic (exact) mass is 396 g/mol. The first kappa shape index (κ1) is 19.6. The van der Waals surface area contributed by atoms with Crippen LogP contribution in [-0.4, -0.2) is 27.8 Å². The second-order valence-electron chi connectivity index (χ2n) is 7.23. The summed E-state index contributed by atoms with van der Waals surface area (Å²) in [5, 5.41) is 4.39. The lowest BCUT2D eigenvalue weighted by molar-refractivity contribution is -0.120. The van der Waals surface area contributed by atoms with Gasteiger partial charge in [0.05, 0.1) is 12.0 Å². The molecule has 0 saturated carbocycles. The molecular weight excluding hydrogens is 376 g/mol. The van der Waals surface area contributed by atoms with Crippen molar-refractivity contribution in [2.75, 3.05) is 0 Å². The van der Waals surface area contributed by atoms with E-state index in [-0.39, 0.29) is 23.9 Å². The number of hydrogen-bond acceptors (Lipinski definition) is 5. The Labute approximate surface area is 173 Å². The Kier molecular flexibility index (Phi) is 5.44. The molecule has 5 heteroatoms. The molecule has 1 aliphatic rings. The molecule has 5 rings (SSSR count). The number of carbonyl (C=O) groups excluding carboxylic acids is 3. The van der Waals surface area contributed by atoms with Crippen LogP contribution >= 0.6 is 0 Å². The average Bonchev–Trinajstić information content (AvgIpc) is 2.79. The van der Waals surface area contributed by atoms with E-state index in [0.717, 1.165) is 33.7 Å². The number of aromatic nitrogens is 2. The van der Waals surface area contributed by atoms with Gasteiger partial charge in [0.1, 0.15) is 12.1 Å². The molecule has 0 amide bonds. The third-order valence-electron chi connectivity index (χ3n) is 5.46. The summed E-state index contributed by atoms with van der Waals surface area (Å²) in [7, 11) is 0. The van der Waals surface area contributed by atoms with E-state index in [1.165, 1.54) is 24.1 Å². The summed E-state index contributed by atoms with van der Waals surface area (Å²) < 4.78 is 0. The van der Waals surface area contributed by atoms with Crippen LogP contribution in [0.2, 0.25) is 0 Å². The number of ketones is 2. The Balaban J connectivity index is 0.000000230. The lowest BCUT2D eigenvalue weighted by Gasteiger charge is -2.24. The number of aldehydes is 1. The predicted molar refractivity (Wildman–Crippen MR) is 116 cm³/mol. The van der Waals surface area contributed by atoms with Crippen LogP contribution in [-0.2, 0) is 4.79 Å². The van der Waals surface area contributed by atoms with Crippen molar-refractivity contribution in [2.24, 2.45) is 0 Å². The highest BCUT2D eigenvalue weighted by Crippen LogP contribution is 2.37. The molecule has 0 bridgehead atoms. The average molecular weight is 396 g/mol. The fraction of sp³-hybridized carbons (Fsp3) is 0.160. The molecule has 1 unspecified atom stereocenters. The number of Topliss-reactive ketones (excluding diaryl/α,β-unsaturated/α-hetero) is 2. The SMILES string of the molecule is CCC1C(=O)CC(=O)c2c1ccc1c2ccc2ccccc21.O=Cc1cncnc1. The van der Waals surface area contributed by atoms with E-state index in [9.17, 15) is 14.4 Å². The van der Waals surface area contributed by atoms with Crippen LogP contribution in [0.4, 0.5) is 0 Å². The summed E-state index contributed by atoms with van der Waals surface area (Å²) >= 11 is 0. The fourth-order valence-electron chi connectivity index (χ4n) is 4.07. The highest BCUT2D eigenvalue weighted by molar-refractivity contribution is 6.22. The lowest BCUT2D eigenvalue weighted by atomic mass is 9.77. The largest absolute Gasteiger partial charge is 0.299 e. The molecule has 30 heavy (non-hydrogen) atoms. The summed E-state index contributed by atoms with van der Waals surface area (Å²) in [6.45, 7) is 2.01. The van der Waals surface area contributed by atoms with E-state index in [1.54, 1.807) is 0 Å². The summed E-state index contributed by atoms with van der Waals surface area (Å²) in [6, 6.07) is 16.3. The zero-order valence-corrected chi connectivity index (χ0v) is 16.5. The summed E-state index contributed by atoms with van der Waals surface area (Å²) in [6.07, 6.45) is 5.79. The minimum atomic E-state index is -0.136. The van der Waals surface area contributed by atoms with Crippen LogP contribution in [0.3, 0.4) is 0 Å². The van der Waals surface area contributed by atoms with Crippen molar-refractivity contribution in [2.45, 2.75) is 25.7 Å². The van der Waals surface area contributed by atoms with Gasteiger partial charge in [-0.2, -0.15) is 0 Å². The van der Waals surface area contributed by atoms with Gasteiger partial charge in [-0.1, -0.05) is 55.5 Å². The minimum absolute atomic E-state index is 0.0365. The van der Waals surface area contributed by atoms with E-state index in [1.807, 2.05) is 31.2 Å². The highest BCUT2D eigenvalue weighted by Gasteiger charge is 2.32. The van der Waals surface area contributed by atoms with Crippen LogP contribution in [0.1, 0.15) is 52.0 Å². The van der Waals surface area contributed by atoms with Crippen LogP contribution in [0.25, 0.3) is 21.5 Å². The van der Waals surface area contributed by atoms with E-state index in [4.69, 9.17) is 0 Å². The first-order valence-corrected chi connectivity index (χ1v) is 9.84. The Hall–Kier alpha value is -3.73. The van der Waals surface area contributed by atoms with Crippen molar-refractivity contribution >= 4 is 39.4 Å². The number of rotatable bonds is 2. The van der Waals surface area contributed by atoms with Gasteiger partial charge in [-0.15, -0.1) is 0 Å². The van der Waals surface area contributed by atoms with E-state index < -0.39 is 0 Å². The van der Waals surface area contributed by atoms with E-state index in [2.05, 4.69) is 34.2 Å². The molecule has 3 aromatic carbocycles. The number of carbonyl (C=O) groups is 3. The second kappa shape index (κ2) is 8.33. The van der Waals surface area contributed by atoms with Crippen LogP contribution < -0.4 is 0 Å². The van der Waals surface area contributed by atoms with Crippen molar-refractivity contribution in [1.29, 1.82) is 0 Å². The van der Waals surface area contributed by atoms with Crippen molar-refractivity contribution in [3.05, 3.63) is 83.9 Å². The zero-order chi connectivity index (χ0) is 21.1. The Morgan fingerprint density at radius 1 is 0.933 bits per heavy atom. The van der Waals surface area contributed by atoms with Crippen LogP contribution in [0, 0.1) is 0 Å². The molecule has 1 aliphatic carbocycles. The molecule has 0 N–H and O–H groups in total. The Bertz CT molecular complexity index is 1270. The summed E-state index contributed by atoms with van der Waals surface area (Å²) in [5.74, 6) is -0.116. The third-order valence-corrected chi connectivity index (χ3v) is 5.46. The van der Waals surface area contributed by atoms with Crippen molar-refractivity contribution in [3.8, 4) is 0 Å². The molecule has 1 aromatic heterocycles. The minimum Gasteiger partial charge on any atom is -0.299 e. The Morgan fingerprint density at radius 3 is 2.37 bits per heavy atom. The van der Waals surface area contributed by atoms with Crippen LogP contribution in [0.5, 0.6) is 0 Å². The maximum absolute atomic E-state index is 12.5. The van der Waals surface area contributed by atoms with E-state index in [0.29, 0.717) is 11.8 Å². The second-order valence-corrected chi connectivity index (χ2v) is 7.23. The molecular formula is C25H20N2O3. The molecule has 1 heterocycles. The lowest BCUT2D eigenvalue weighted by Crippen LogP contribution is -2.25. The zero-order valence-electron chi connectivity index (χ0n) is 16.5. The van der Waals surface area contributed by atoms with Gasteiger partial charge >= 0.3 is 0 Å². The highest BCUT2D eigenvalue weighted by atomic mass is 16.1. The maximum Gasteiger partial charge on any atom is 0.171 e. The van der Waals surface area contributed by atoms with Gasteiger partial charge in [0, 0.05) is 23.9 Å². The summed E-state index contributed by atoms with van der Waals surface area (Å²) in [4.78, 5) is 41.8. The molecule has 148 valence electrons. The van der Waals surface area contributed by atoms with Gasteiger partial charge in [-0.25, -0.2) is 9.97 Å². The van der Waals surface area contributed by atoms with E-state index >= 15 is 0 Å². The van der Waals surface area contributed by atoms with Gasteiger partial charge in [-0.05, 0) is 33.5 Å². The fourth-order valence-corrected chi connectivity index (χ4v) is 4.07. The summed E-state index contributed by atoms with van der Waals surface area (Å²) in [5.41, 5.74) is 2.17. The topological polar surface area (TPSA) is 77.0 Å². The number of nitrogens with zero attached hydrogens (tertiary/aromatic N) is 2. The quantitative estimate of drug-likeness (QED) is 0.273. The molecule has 0 aliphatic heterocycles. The molecule has 5 nitrogen and oxygen atoms in total. The molecule has 1 atom stereocenters. The van der Waals surface area contributed by atoms with Crippen molar-refractivity contribution in [3.63, 3.8) is 0 Å². The smallest absolute Gasteiger partial charge is 0.171 e. The third kappa shape index (κ3) is 3.50. The molecule has 0 saturated heterocycles. The first-order valence-electron chi connectivity index (χ1n) is 9.84. The van der Waals surface area contributed by atoms with Gasteiger partial charge in [-0.3, -0.25) is 14.4 Å². The normalized spacial score (nSPS) is 15.4. The first-order chi connectivity index (χ1) is 14.6. The van der Waals surface area contributed by atoms with Gasteiger partial charge < -0.3 is 0 Å². The van der Waals surface area contributed by atoms with Gasteiger partial charge in [0.25, 0.3) is 0 Å². The molecule has 0 spiro atoms. The number of fused-ring (bicyclic) bond motifs is 5. The number of benzene rings is 3. The maximum atomic E-state index is 12.5. The van der Waals surface area contributed by atoms with Crippen molar-refractivity contribution < 1.29 is 14.4 Å². The Morgan fingerprint density at radius 2 is 1.67 bits per heavy atom. The van der Waals surface area contributed by atoms with Gasteiger partial charge in [0.2, 0.25) is 0 Å². The predicted octanol–water partition coefficient (Wildman–Crippen LogP) is 4.93. The molecule has 4 aromatic rings. The molecule has 0 fully saturated rings. The van der Waals surface area contributed by atoms with Gasteiger partial charge in [0.15, 0.2) is 12.1 Å². The molecule has 0 radical (unpaired) electrons.